The van der Waals surface area contributed by atoms with Crippen molar-refractivity contribution in [3.8, 4) is 0 Å². The summed E-state index contributed by atoms with van der Waals surface area (Å²) in [6, 6.07) is 1.45. The number of ether oxygens (including phenoxy) is 1. The molecule has 0 radical (unpaired) electrons. The van der Waals surface area contributed by atoms with Gasteiger partial charge in [0.1, 0.15) is 4.90 Å². The van der Waals surface area contributed by atoms with E-state index in [1.54, 1.807) is 0 Å². The highest BCUT2D eigenvalue weighted by atomic mass is 35.5. The second-order valence-electron chi connectivity index (χ2n) is 4.56. The van der Waals surface area contributed by atoms with E-state index in [1.165, 1.54) is 29.9 Å². The van der Waals surface area contributed by atoms with Crippen LogP contribution in [-0.4, -0.2) is 68.4 Å². The largest absolute Gasteiger partial charge is 0.468 e. The van der Waals surface area contributed by atoms with Gasteiger partial charge in [-0.25, -0.2) is 8.42 Å². The maximum Gasteiger partial charge on any atom is 0.319 e. The third-order valence-electron chi connectivity index (χ3n) is 3.26. The van der Waals surface area contributed by atoms with Crippen molar-refractivity contribution in [3.05, 3.63) is 23.5 Å². The first-order valence-electron chi connectivity index (χ1n) is 6.34. The lowest BCUT2D eigenvalue weighted by Crippen LogP contribution is -2.49. The van der Waals surface area contributed by atoms with Crippen molar-refractivity contribution in [1.82, 2.24) is 14.2 Å². The smallest absolute Gasteiger partial charge is 0.319 e. The second kappa shape index (κ2) is 6.69. The summed E-state index contributed by atoms with van der Waals surface area (Å²) in [6.07, 6.45) is 2.69. The van der Waals surface area contributed by atoms with Gasteiger partial charge in [0.15, 0.2) is 0 Å². The molecule has 0 aliphatic carbocycles. The second-order valence-corrected chi connectivity index (χ2v) is 6.88. The Balaban J connectivity index is 2.05. The maximum atomic E-state index is 12.5. The summed E-state index contributed by atoms with van der Waals surface area (Å²) in [5.41, 5.74) is 0. The van der Waals surface area contributed by atoms with E-state index in [1.807, 2.05) is 4.90 Å². The van der Waals surface area contributed by atoms with Crippen LogP contribution in [0.25, 0.3) is 0 Å². The lowest BCUT2D eigenvalue weighted by atomic mass is 10.3. The highest BCUT2D eigenvalue weighted by molar-refractivity contribution is 7.89. The average molecular weight is 334 g/mol. The van der Waals surface area contributed by atoms with Crippen molar-refractivity contribution in [2.75, 3.05) is 39.8 Å². The van der Waals surface area contributed by atoms with E-state index in [0.717, 1.165) is 0 Å². The van der Waals surface area contributed by atoms with Crippen LogP contribution in [0.4, 0.5) is 0 Å². The lowest BCUT2D eigenvalue weighted by molar-refractivity contribution is -0.142. The molecule has 21 heavy (non-hydrogen) atoms. The normalized spacial score (nSPS) is 17.6. The van der Waals surface area contributed by atoms with Gasteiger partial charge in [-0.3, -0.25) is 14.7 Å². The molecule has 7 nitrogen and oxygen atoms in total. The zero-order chi connectivity index (χ0) is 15.5. The molecule has 1 saturated heterocycles. The van der Waals surface area contributed by atoms with E-state index in [2.05, 4.69) is 9.72 Å². The van der Waals surface area contributed by atoms with Crippen molar-refractivity contribution >= 4 is 27.6 Å². The Bertz CT molecular complexity index is 615. The van der Waals surface area contributed by atoms with Gasteiger partial charge in [0.2, 0.25) is 10.0 Å². The number of hydrogen-bond acceptors (Lipinski definition) is 6. The van der Waals surface area contributed by atoms with Crippen LogP contribution in [-0.2, 0) is 19.6 Å². The third-order valence-corrected chi connectivity index (χ3v) is 5.63. The van der Waals surface area contributed by atoms with E-state index < -0.39 is 10.0 Å². The van der Waals surface area contributed by atoms with Crippen molar-refractivity contribution < 1.29 is 17.9 Å². The molecule has 0 N–H and O–H groups in total. The summed E-state index contributed by atoms with van der Waals surface area (Å²) in [5, 5.41) is 0.155. The predicted octanol–water partition coefficient (Wildman–Crippen LogP) is 0.214. The Labute approximate surface area is 128 Å². The Morgan fingerprint density at radius 2 is 2.05 bits per heavy atom. The van der Waals surface area contributed by atoms with Crippen molar-refractivity contribution in [2.45, 2.75) is 4.90 Å². The Morgan fingerprint density at radius 3 is 2.62 bits per heavy atom. The Morgan fingerprint density at radius 1 is 1.38 bits per heavy atom. The predicted molar refractivity (Wildman–Crippen MR) is 76.5 cm³/mol. The summed E-state index contributed by atoms with van der Waals surface area (Å²) in [4.78, 5) is 16.9. The molecule has 2 heterocycles. The molecule has 0 atom stereocenters. The molecule has 0 spiro atoms. The molecule has 0 aromatic carbocycles. The highest BCUT2D eigenvalue weighted by Gasteiger charge is 2.30. The molecule has 9 heteroatoms. The number of nitrogens with zero attached hydrogens (tertiary/aromatic N) is 3. The molecule has 1 aromatic rings. The van der Waals surface area contributed by atoms with Crippen molar-refractivity contribution in [3.63, 3.8) is 0 Å². The summed E-state index contributed by atoms with van der Waals surface area (Å²) in [5.74, 6) is -0.332. The molecule has 116 valence electrons. The fourth-order valence-electron chi connectivity index (χ4n) is 2.07. The number of piperazine rings is 1. The van der Waals surface area contributed by atoms with Gasteiger partial charge in [-0.05, 0) is 6.07 Å². The van der Waals surface area contributed by atoms with E-state index in [-0.39, 0.29) is 22.4 Å². The van der Waals surface area contributed by atoms with E-state index in [4.69, 9.17) is 11.6 Å². The quantitative estimate of drug-likeness (QED) is 0.733. The number of pyridine rings is 1. The fourth-order valence-corrected chi connectivity index (χ4v) is 3.90. The monoisotopic (exact) mass is 333 g/mol. The molecule has 1 aliphatic heterocycles. The van der Waals surface area contributed by atoms with Crippen molar-refractivity contribution in [2.24, 2.45) is 0 Å². The molecule has 0 unspecified atom stereocenters. The molecule has 1 aromatic heterocycles. The van der Waals surface area contributed by atoms with E-state index in [0.29, 0.717) is 26.2 Å². The first-order chi connectivity index (χ1) is 9.95. The number of hydrogen-bond donors (Lipinski definition) is 0. The number of methoxy groups -OCH3 is 1. The van der Waals surface area contributed by atoms with Gasteiger partial charge in [0.05, 0.1) is 18.7 Å². The number of esters is 1. The van der Waals surface area contributed by atoms with Gasteiger partial charge in [0, 0.05) is 38.6 Å². The Kier molecular flexibility index (Phi) is 5.15. The standard InChI is InChI=1S/C12H16ClN3O4S/c1-20-12(17)9-15-4-6-16(7-5-15)21(18,19)11-8-14-3-2-10(11)13/h2-3,8H,4-7,9H2,1H3. The minimum atomic E-state index is -3.65. The minimum Gasteiger partial charge on any atom is -0.468 e. The summed E-state index contributed by atoms with van der Waals surface area (Å²) in [6.45, 7) is 1.69. The number of aromatic nitrogens is 1. The van der Waals surface area contributed by atoms with Crippen LogP contribution in [0.15, 0.2) is 23.4 Å². The number of carbonyl (C=O) groups is 1. The van der Waals surface area contributed by atoms with Gasteiger partial charge >= 0.3 is 5.97 Å². The molecule has 2 rings (SSSR count). The van der Waals surface area contributed by atoms with Crippen molar-refractivity contribution in [1.29, 1.82) is 0 Å². The summed E-state index contributed by atoms with van der Waals surface area (Å²) < 4.78 is 30.9. The fraction of sp³-hybridized carbons (Fsp3) is 0.500. The molecule has 1 fully saturated rings. The maximum absolute atomic E-state index is 12.5. The number of halogens is 1. The first-order valence-corrected chi connectivity index (χ1v) is 8.16. The number of sulfonamides is 1. The van der Waals surface area contributed by atoms with Crippen LogP contribution in [0.5, 0.6) is 0 Å². The van der Waals surface area contributed by atoms with Gasteiger partial charge in [-0.15, -0.1) is 0 Å². The van der Waals surface area contributed by atoms with Gasteiger partial charge in [0.25, 0.3) is 0 Å². The number of rotatable bonds is 4. The van der Waals surface area contributed by atoms with Gasteiger partial charge in [-0.2, -0.15) is 4.31 Å². The molecule has 0 bridgehead atoms. The molecular weight excluding hydrogens is 318 g/mol. The highest BCUT2D eigenvalue weighted by Crippen LogP contribution is 2.24. The average Bonchev–Trinajstić information content (AvgIpc) is 2.48. The van der Waals surface area contributed by atoms with Crippen LogP contribution in [0.1, 0.15) is 0 Å². The van der Waals surface area contributed by atoms with Crippen LogP contribution in [0.2, 0.25) is 5.02 Å². The molecule has 0 amide bonds. The summed E-state index contributed by atoms with van der Waals surface area (Å²) in [7, 11) is -2.33. The first kappa shape index (κ1) is 16.2. The third kappa shape index (κ3) is 3.70. The number of carbonyl (C=O) groups excluding carboxylic acids is 1. The summed E-state index contributed by atoms with van der Waals surface area (Å²) >= 11 is 5.93. The molecule has 0 saturated carbocycles. The van der Waals surface area contributed by atoms with Crippen LogP contribution >= 0.6 is 11.6 Å². The zero-order valence-corrected chi connectivity index (χ0v) is 13.1. The van der Waals surface area contributed by atoms with Crippen LogP contribution < -0.4 is 0 Å². The molecular formula is C12H16ClN3O4S. The topological polar surface area (TPSA) is 79.8 Å². The minimum absolute atomic E-state index is 0.00749. The lowest BCUT2D eigenvalue weighted by Gasteiger charge is -2.33. The van der Waals surface area contributed by atoms with Gasteiger partial charge in [-0.1, -0.05) is 11.6 Å². The SMILES string of the molecule is COC(=O)CN1CCN(S(=O)(=O)c2cnccc2Cl)CC1. The molecule has 1 aliphatic rings. The van der Waals surface area contributed by atoms with E-state index >= 15 is 0 Å². The van der Waals surface area contributed by atoms with E-state index in [9.17, 15) is 13.2 Å². The van der Waals surface area contributed by atoms with Crippen LogP contribution in [0, 0.1) is 0 Å². The van der Waals surface area contributed by atoms with Gasteiger partial charge < -0.3 is 4.74 Å². The Hall–Kier alpha value is -1.22. The van der Waals surface area contributed by atoms with Crippen LogP contribution in [0.3, 0.4) is 0 Å². The zero-order valence-electron chi connectivity index (χ0n) is 11.5.